The SMILES string of the molecule is CNC[C@@H]1CCCN(C(=O)[C@@H](C)Oc2ccc(F)cc2Br)C1. The first kappa shape index (κ1) is 17.2. The average Bonchev–Trinajstić information content (AvgIpc) is 2.50. The zero-order chi connectivity index (χ0) is 16.1. The van der Waals surface area contributed by atoms with Crippen molar-refractivity contribution in [1.82, 2.24) is 10.2 Å². The first-order valence-electron chi connectivity index (χ1n) is 7.56. The van der Waals surface area contributed by atoms with Gasteiger partial charge in [0.2, 0.25) is 0 Å². The van der Waals surface area contributed by atoms with E-state index in [4.69, 9.17) is 4.74 Å². The highest BCUT2D eigenvalue weighted by Gasteiger charge is 2.27. The van der Waals surface area contributed by atoms with Crippen LogP contribution in [0.5, 0.6) is 5.75 Å². The van der Waals surface area contributed by atoms with E-state index in [0.717, 1.165) is 32.5 Å². The Morgan fingerprint density at radius 3 is 3.05 bits per heavy atom. The van der Waals surface area contributed by atoms with Crippen molar-refractivity contribution in [2.45, 2.75) is 25.9 Å². The van der Waals surface area contributed by atoms with Crippen LogP contribution in [-0.2, 0) is 4.79 Å². The van der Waals surface area contributed by atoms with Crippen LogP contribution >= 0.6 is 15.9 Å². The van der Waals surface area contributed by atoms with Crippen LogP contribution in [0.4, 0.5) is 4.39 Å². The second-order valence-electron chi connectivity index (χ2n) is 5.69. The number of hydrogen-bond acceptors (Lipinski definition) is 3. The van der Waals surface area contributed by atoms with E-state index >= 15 is 0 Å². The van der Waals surface area contributed by atoms with Crippen LogP contribution < -0.4 is 10.1 Å². The fourth-order valence-corrected chi connectivity index (χ4v) is 3.23. The van der Waals surface area contributed by atoms with Gasteiger partial charge in [0.1, 0.15) is 11.6 Å². The van der Waals surface area contributed by atoms with Gasteiger partial charge in [0.25, 0.3) is 5.91 Å². The Morgan fingerprint density at radius 2 is 2.36 bits per heavy atom. The van der Waals surface area contributed by atoms with E-state index in [1.807, 2.05) is 11.9 Å². The topological polar surface area (TPSA) is 41.6 Å². The minimum absolute atomic E-state index is 0.0166. The van der Waals surface area contributed by atoms with Crippen LogP contribution in [-0.4, -0.2) is 43.6 Å². The molecule has 1 heterocycles. The molecule has 4 nitrogen and oxygen atoms in total. The van der Waals surface area contributed by atoms with Crippen molar-refractivity contribution in [3.05, 3.63) is 28.5 Å². The van der Waals surface area contributed by atoms with Crippen LogP contribution in [0.25, 0.3) is 0 Å². The lowest BCUT2D eigenvalue weighted by Crippen LogP contribution is -2.47. The Labute approximate surface area is 139 Å². The van der Waals surface area contributed by atoms with Gasteiger partial charge in [-0.05, 0) is 73.4 Å². The van der Waals surface area contributed by atoms with E-state index < -0.39 is 6.10 Å². The molecular weight excluding hydrogens is 351 g/mol. The Balaban J connectivity index is 1.96. The molecule has 1 fully saturated rings. The quantitative estimate of drug-likeness (QED) is 0.863. The summed E-state index contributed by atoms with van der Waals surface area (Å²) in [7, 11) is 1.93. The first-order valence-corrected chi connectivity index (χ1v) is 8.35. The predicted octanol–water partition coefficient (Wildman–Crippen LogP) is 2.81. The third-order valence-corrected chi connectivity index (χ3v) is 4.49. The molecule has 0 unspecified atom stereocenters. The molecule has 2 atom stereocenters. The van der Waals surface area contributed by atoms with E-state index in [2.05, 4.69) is 21.2 Å². The Morgan fingerprint density at radius 1 is 1.59 bits per heavy atom. The number of piperidine rings is 1. The number of nitrogens with one attached hydrogen (secondary N) is 1. The lowest BCUT2D eigenvalue weighted by Gasteiger charge is -2.34. The molecule has 1 saturated heterocycles. The molecule has 2 rings (SSSR count). The normalized spacial score (nSPS) is 19.8. The molecule has 122 valence electrons. The number of rotatable bonds is 5. The zero-order valence-electron chi connectivity index (χ0n) is 12.9. The number of amides is 1. The third-order valence-electron chi connectivity index (χ3n) is 3.87. The van der Waals surface area contributed by atoms with Crippen LogP contribution in [0.2, 0.25) is 0 Å². The van der Waals surface area contributed by atoms with Gasteiger partial charge >= 0.3 is 0 Å². The minimum atomic E-state index is -0.588. The molecule has 1 aliphatic heterocycles. The summed E-state index contributed by atoms with van der Waals surface area (Å²) in [5, 5.41) is 3.17. The van der Waals surface area contributed by atoms with Crippen LogP contribution in [0.15, 0.2) is 22.7 Å². The summed E-state index contributed by atoms with van der Waals surface area (Å²) in [6.45, 7) is 4.19. The van der Waals surface area contributed by atoms with Crippen molar-refractivity contribution in [2.75, 3.05) is 26.7 Å². The van der Waals surface area contributed by atoms with Gasteiger partial charge in [0.15, 0.2) is 6.10 Å². The van der Waals surface area contributed by atoms with Gasteiger partial charge in [-0.15, -0.1) is 0 Å². The molecular formula is C16H22BrFN2O2. The number of carbonyl (C=O) groups is 1. The highest BCUT2D eigenvalue weighted by Crippen LogP contribution is 2.27. The van der Waals surface area contributed by atoms with Crippen molar-refractivity contribution >= 4 is 21.8 Å². The number of benzene rings is 1. The van der Waals surface area contributed by atoms with Gasteiger partial charge < -0.3 is 15.0 Å². The van der Waals surface area contributed by atoms with Crippen molar-refractivity contribution in [1.29, 1.82) is 0 Å². The second-order valence-corrected chi connectivity index (χ2v) is 6.54. The number of hydrogen-bond donors (Lipinski definition) is 1. The van der Waals surface area contributed by atoms with Gasteiger partial charge in [-0.3, -0.25) is 4.79 Å². The highest BCUT2D eigenvalue weighted by atomic mass is 79.9. The monoisotopic (exact) mass is 372 g/mol. The molecule has 1 amide bonds. The fourth-order valence-electron chi connectivity index (χ4n) is 2.79. The second kappa shape index (κ2) is 7.92. The van der Waals surface area contributed by atoms with Crippen LogP contribution in [0, 0.1) is 11.7 Å². The van der Waals surface area contributed by atoms with Gasteiger partial charge in [-0.25, -0.2) is 4.39 Å². The van der Waals surface area contributed by atoms with Gasteiger partial charge in [-0.1, -0.05) is 0 Å². The summed E-state index contributed by atoms with van der Waals surface area (Å²) < 4.78 is 19.3. The van der Waals surface area contributed by atoms with Crippen molar-refractivity contribution in [2.24, 2.45) is 5.92 Å². The predicted molar refractivity (Wildman–Crippen MR) is 87.4 cm³/mol. The molecule has 0 aliphatic carbocycles. The van der Waals surface area contributed by atoms with E-state index in [-0.39, 0.29) is 11.7 Å². The van der Waals surface area contributed by atoms with Crippen LogP contribution in [0.3, 0.4) is 0 Å². The average molecular weight is 373 g/mol. The first-order chi connectivity index (χ1) is 10.5. The molecule has 0 radical (unpaired) electrons. The summed E-state index contributed by atoms with van der Waals surface area (Å²) in [6, 6.07) is 4.18. The molecule has 1 aliphatic rings. The van der Waals surface area contributed by atoms with E-state index in [1.54, 1.807) is 6.92 Å². The van der Waals surface area contributed by atoms with E-state index in [9.17, 15) is 9.18 Å². The van der Waals surface area contributed by atoms with Gasteiger partial charge in [0, 0.05) is 13.1 Å². The summed E-state index contributed by atoms with van der Waals surface area (Å²) in [5.41, 5.74) is 0. The Kier molecular flexibility index (Phi) is 6.20. The van der Waals surface area contributed by atoms with E-state index in [1.165, 1.54) is 18.2 Å². The lowest BCUT2D eigenvalue weighted by atomic mass is 9.97. The molecule has 1 aromatic carbocycles. The fraction of sp³-hybridized carbons (Fsp3) is 0.562. The maximum absolute atomic E-state index is 13.1. The number of carbonyl (C=O) groups excluding carboxylic acids is 1. The zero-order valence-corrected chi connectivity index (χ0v) is 14.5. The smallest absolute Gasteiger partial charge is 0.263 e. The molecule has 0 aromatic heterocycles. The summed E-state index contributed by atoms with van der Waals surface area (Å²) in [5.74, 6) is 0.611. The molecule has 22 heavy (non-hydrogen) atoms. The van der Waals surface area contributed by atoms with Crippen LogP contribution in [0.1, 0.15) is 19.8 Å². The maximum atomic E-state index is 13.1. The van der Waals surface area contributed by atoms with Crippen molar-refractivity contribution < 1.29 is 13.9 Å². The lowest BCUT2D eigenvalue weighted by molar-refractivity contribution is -0.139. The molecule has 0 spiro atoms. The summed E-state index contributed by atoms with van der Waals surface area (Å²) in [4.78, 5) is 14.4. The number of halogens is 2. The molecule has 0 saturated carbocycles. The largest absolute Gasteiger partial charge is 0.480 e. The summed E-state index contributed by atoms with van der Waals surface area (Å²) >= 11 is 3.25. The summed E-state index contributed by atoms with van der Waals surface area (Å²) in [6.07, 6.45) is 1.57. The standard InChI is InChI=1S/C16H22BrFN2O2/c1-11(22-15-6-5-13(18)8-14(15)17)16(21)20-7-3-4-12(10-20)9-19-2/h5-6,8,11-12,19H,3-4,7,9-10H2,1-2H3/t11-,12+/m1/s1. The van der Waals surface area contributed by atoms with Crippen molar-refractivity contribution in [3.8, 4) is 5.75 Å². The molecule has 1 N–H and O–H groups in total. The number of nitrogens with zero attached hydrogens (tertiary/aromatic N) is 1. The van der Waals surface area contributed by atoms with E-state index in [0.29, 0.717) is 16.1 Å². The molecule has 6 heteroatoms. The number of ether oxygens (including phenoxy) is 1. The van der Waals surface area contributed by atoms with Gasteiger partial charge in [-0.2, -0.15) is 0 Å². The van der Waals surface area contributed by atoms with Crippen molar-refractivity contribution in [3.63, 3.8) is 0 Å². The van der Waals surface area contributed by atoms with Gasteiger partial charge in [0.05, 0.1) is 4.47 Å². The highest BCUT2D eigenvalue weighted by molar-refractivity contribution is 9.10. The Bertz CT molecular complexity index is 525. The molecule has 0 bridgehead atoms. The third kappa shape index (κ3) is 4.43. The minimum Gasteiger partial charge on any atom is -0.480 e. The Hall–Kier alpha value is -1.14. The maximum Gasteiger partial charge on any atom is 0.263 e. The number of likely N-dealkylation sites (tertiary alicyclic amines) is 1. The molecule has 1 aromatic rings.